The van der Waals surface area contributed by atoms with Crippen molar-refractivity contribution >= 4 is 5.91 Å². The highest BCUT2D eigenvalue weighted by molar-refractivity contribution is 5.80. The molecule has 24 heavy (non-hydrogen) atoms. The zero-order chi connectivity index (χ0) is 17.1. The number of carbonyl (C=O) groups excluding carboxylic acids is 1. The summed E-state index contributed by atoms with van der Waals surface area (Å²) in [5.74, 6) is 0.948. The zero-order valence-corrected chi connectivity index (χ0v) is 14.7. The number of methoxy groups -OCH3 is 1. The Labute approximate surface area is 143 Å². The smallest absolute Gasteiger partial charge is 0.227 e. The average Bonchev–Trinajstić information content (AvgIpc) is 3.14. The van der Waals surface area contributed by atoms with Crippen LogP contribution in [-0.2, 0) is 17.8 Å². The van der Waals surface area contributed by atoms with E-state index in [9.17, 15) is 4.79 Å². The van der Waals surface area contributed by atoms with Gasteiger partial charge in [0.15, 0.2) is 0 Å². The van der Waals surface area contributed by atoms with Crippen molar-refractivity contribution in [1.29, 1.82) is 0 Å². The Bertz CT molecular complexity index is 723. The molecule has 0 N–H and O–H groups in total. The number of hydrogen-bond acceptors (Lipinski definition) is 3. The number of aromatic nitrogens is 2. The van der Waals surface area contributed by atoms with E-state index < -0.39 is 0 Å². The molecule has 1 aromatic carbocycles. The van der Waals surface area contributed by atoms with Crippen LogP contribution < -0.4 is 4.74 Å². The van der Waals surface area contributed by atoms with Gasteiger partial charge in [0, 0.05) is 17.8 Å². The summed E-state index contributed by atoms with van der Waals surface area (Å²) in [7, 11) is 1.64. The number of carbonyl (C=O) groups is 1. The molecular formula is C19H25N3O2. The summed E-state index contributed by atoms with van der Waals surface area (Å²) < 4.78 is 7.39. The van der Waals surface area contributed by atoms with Gasteiger partial charge in [-0.15, -0.1) is 0 Å². The van der Waals surface area contributed by atoms with E-state index in [0.29, 0.717) is 6.42 Å². The Balaban J connectivity index is 1.70. The van der Waals surface area contributed by atoms with Crippen LogP contribution in [0.2, 0.25) is 0 Å². The van der Waals surface area contributed by atoms with Crippen molar-refractivity contribution in [2.24, 2.45) is 0 Å². The summed E-state index contributed by atoms with van der Waals surface area (Å²) in [6.45, 7) is 5.67. The first kappa shape index (κ1) is 16.6. The van der Waals surface area contributed by atoms with Gasteiger partial charge in [-0.05, 0) is 38.8 Å². The van der Waals surface area contributed by atoms with Gasteiger partial charge in [0.05, 0.1) is 31.8 Å². The number of rotatable bonds is 5. The molecule has 0 saturated carbocycles. The maximum Gasteiger partial charge on any atom is 0.227 e. The van der Waals surface area contributed by atoms with E-state index in [1.54, 1.807) is 7.11 Å². The van der Waals surface area contributed by atoms with E-state index in [0.717, 1.165) is 48.6 Å². The first-order valence-electron chi connectivity index (χ1n) is 8.51. The maximum absolute atomic E-state index is 12.8. The fraction of sp³-hybridized carbons (Fsp3) is 0.474. The topological polar surface area (TPSA) is 47.4 Å². The van der Waals surface area contributed by atoms with Crippen LogP contribution >= 0.6 is 0 Å². The molecule has 5 heteroatoms. The highest BCUT2D eigenvalue weighted by Gasteiger charge is 2.29. The lowest BCUT2D eigenvalue weighted by atomic mass is 10.1. The molecule has 128 valence electrons. The van der Waals surface area contributed by atoms with Crippen molar-refractivity contribution in [2.75, 3.05) is 13.7 Å². The summed E-state index contributed by atoms with van der Waals surface area (Å²) in [4.78, 5) is 14.8. The largest absolute Gasteiger partial charge is 0.496 e. The average molecular weight is 327 g/mol. The van der Waals surface area contributed by atoms with Gasteiger partial charge in [0.2, 0.25) is 5.91 Å². The highest BCUT2D eigenvalue weighted by atomic mass is 16.5. The predicted octanol–water partition coefficient (Wildman–Crippen LogP) is 2.74. The van der Waals surface area contributed by atoms with Crippen LogP contribution in [0.1, 0.15) is 29.8 Å². The number of benzene rings is 1. The second-order valence-corrected chi connectivity index (χ2v) is 6.48. The first-order chi connectivity index (χ1) is 11.6. The van der Waals surface area contributed by atoms with Crippen LogP contribution in [-0.4, -0.2) is 40.3 Å². The van der Waals surface area contributed by atoms with Gasteiger partial charge in [0.1, 0.15) is 5.75 Å². The van der Waals surface area contributed by atoms with Gasteiger partial charge in [-0.3, -0.25) is 9.48 Å². The third kappa shape index (κ3) is 3.45. The van der Waals surface area contributed by atoms with E-state index in [2.05, 4.69) is 18.1 Å². The predicted molar refractivity (Wildman–Crippen MR) is 93.1 cm³/mol. The monoisotopic (exact) mass is 327 g/mol. The SMILES string of the molecule is COc1ccccc1CC(=O)N1CCC[C@@H]1Cn1nc(C)cc1C. The molecule has 3 rings (SSSR count). The Hall–Kier alpha value is -2.30. The molecule has 0 aliphatic carbocycles. The first-order valence-corrected chi connectivity index (χ1v) is 8.51. The number of ether oxygens (including phenoxy) is 1. The summed E-state index contributed by atoms with van der Waals surface area (Å²) in [6.07, 6.45) is 2.48. The standard InChI is InChI=1S/C19H25N3O2/c1-14-11-15(2)22(20-14)13-17-8-6-10-21(17)19(23)12-16-7-4-5-9-18(16)24-3/h4-5,7,9,11,17H,6,8,10,12-13H2,1-3H3/t17-/m1/s1. The molecule has 1 aliphatic rings. The van der Waals surface area contributed by atoms with Crippen LogP contribution in [0.4, 0.5) is 0 Å². The van der Waals surface area contributed by atoms with Crippen LogP contribution in [0.5, 0.6) is 5.75 Å². The summed E-state index contributed by atoms with van der Waals surface area (Å²) in [5, 5.41) is 4.54. The minimum Gasteiger partial charge on any atom is -0.496 e. The Kier molecular flexibility index (Phi) is 4.88. The minimum absolute atomic E-state index is 0.170. The van der Waals surface area contributed by atoms with Crippen molar-refractivity contribution in [1.82, 2.24) is 14.7 Å². The van der Waals surface area contributed by atoms with E-state index in [1.165, 1.54) is 0 Å². The second kappa shape index (κ2) is 7.07. The number of para-hydroxylation sites is 1. The van der Waals surface area contributed by atoms with Crippen molar-refractivity contribution in [3.05, 3.63) is 47.3 Å². The third-order valence-electron chi connectivity index (χ3n) is 4.72. The molecule has 0 radical (unpaired) electrons. The number of aryl methyl sites for hydroxylation is 2. The maximum atomic E-state index is 12.8. The third-order valence-corrected chi connectivity index (χ3v) is 4.72. The Morgan fingerprint density at radius 2 is 2.12 bits per heavy atom. The highest BCUT2D eigenvalue weighted by Crippen LogP contribution is 2.23. The van der Waals surface area contributed by atoms with E-state index in [4.69, 9.17) is 4.74 Å². The molecule has 2 heterocycles. The van der Waals surface area contributed by atoms with Crippen LogP contribution in [0.3, 0.4) is 0 Å². The Morgan fingerprint density at radius 3 is 2.83 bits per heavy atom. The molecule has 1 amide bonds. The molecule has 0 bridgehead atoms. The van der Waals surface area contributed by atoms with Crippen molar-refractivity contribution in [3.8, 4) is 5.75 Å². The quantitative estimate of drug-likeness (QED) is 0.848. The van der Waals surface area contributed by atoms with Crippen molar-refractivity contribution < 1.29 is 9.53 Å². The summed E-state index contributed by atoms with van der Waals surface area (Å²) in [5.41, 5.74) is 3.12. The van der Waals surface area contributed by atoms with E-state index in [-0.39, 0.29) is 11.9 Å². The van der Waals surface area contributed by atoms with Crippen LogP contribution in [0, 0.1) is 13.8 Å². The van der Waals surface area contributed by atoms with Gasteiger partial charge in [-0.2, -0.15) is 5.10 Å². The van der Waals surface area contributed by atoms with Gasteiger partial charge < -0.3 is 9.64 Å². The summed E-state index contributed by atoms with van der Waals surface area (Å²) >= 11 is 0. The van der Waals surface area contributed by atoms with Gasteiger partial charge in [-0.25, -0.2) is 0 Å². The molecule has 1 saturated heterocycles. The fourth-order valence-electron chi connectivity index (χ4n) is 3.53. The molecule has 2 aromatic rings. The molecule has 1 fully saturated rings. The summed E-state index contributed by atoms with van der Waals surface area (Å²) in [6, 6.07) is 10.0. The number of nitrogens with zero attached hydrogens (tertiary/aromatic N) is 3. The van der Waals surface area contributed by atoms with E-state index in [1.807, 2.05) is 40.8 Å². The minimum atomic E-state index is 0.170. The van der Waals surface area contributed by atoms with Crippen LogP contribution in [0.25, 0.3) is 0 Å². The molecule has 1 atom stereocenters. The molecule has 5 nitrogen and oxygen atoms in total. The zero-order valence-electron chi connectivity index (χ0n) is 14.7. The molecule has 0 spiro atoms. The molecule has 1 aromatic heterocycles. The van der Waals surface area contributed by atoms with Gasteiger partial charge in [-0.1, -0.05) is 18.2 Å². The van der Waals surface area contributed by atoms with Gasteiger partial charge in [0.25, 0.3) is 0 Å². The van der Waals surface area contributed by atoms with Gasteiger partial charge >= 0.3 is 0 Å². The lowest BCUT2D eigenvalue weighted by Gasteiger charge is -2.25. The Morgan fingerprint density at radius 1 is 1.33 bits per heavy atom. The molecular weight excluding hydrogens is 302 g/mol. The lowest BCUT2D eigenvalue weighted by molar-refractivity contribution is -0.131. The van der Waals surface area contributed by atoms with Crippen molar-refractivity contribution in [3.63, 3.8) is 0 Å². The van der Waals surface area contributed by atoms with E-state index >= 15 is 0 Å². The number of amides is 1. The fourth-order valence-corrected chi connectivity index (χ4v) is 3.53. The number of likely N-dealkylation sites (tertiary alicyclic amines) is 1. The lowest BCUT2D eigenvalue weighted by Crippen LogP contribution is -2.39. The molecule has 0 unspecified atom stereocenters. The van der Waals surface area contributed by atoms with Crippen molar-refractivity contribution in [2.45, 2.75) is 45.7 Å². The van der Waals surface area contributed by atoms with Crippen LogP contribution in [0.15, 0.2) is 30.3 Å². The molecule has 1 aliphatic heterocycles. The number of hydrogen-bond donors (Lipinski definition) is 0. The second-order valence-electron chi connectivity index (χ2n) is 6.48. The normalized spacial score (nSPS) is 17.3.